The first-order valence-corrected chi connectivity index (χ1v) is 3.90. The van der Waals surface area contributed by atoms with Crippen LogP contribution in [0.25, 0.3) is 0 Å². The third-order valence-electron chi connectivity index (χ3n) is 1.81. The van der Waals surface area contributed by atoms with Gasteiger partial charge in [0.15, 0.2) is 6.73 Å². The average Bonchev–Trinajstić information content (AvgIpc) is 2.30. The lowest BCUT2D eigenvalue weighted by Gasteiger charge is -2.12. The zero-order chi connectivity index (χ0) is 9.30. The minimum Gasteiger partial charge on any atom is -0.475 e. The molecule has 12 heavy (non-hydrogen) atoms. The Kier molecular flexibility index (Phi) is 2.55. The van der Waals surface area contributed by atoms with Crippen molar-refractivity contribution < 1.29 is 13.5 Å². The van der Waals surface area contributed by atoms with Gasteiger partial charge in [-0.15, -0.1) is 0 Å². The van der Waals surface area contributed by atoms with Gasteiger partial charge in [0.1, 0.15) is 11.5 Å². The molecule has 0 fully saturated rings. The molecule has 0 spiro atoms. The highest BCUT2D eigenvalue weighted by atomic mass is 19.3. The number of hydrogen-bond acceptors (Lipinski definition) is 2. The van der Waals surface area contributed by atoms with E-state index in [0.717, 1.165) is 0 Å². The van der Waals surface area contributed by atoms with Crippen LogP contribution in [0.5, 0.6) is 0 Å². The summed E-state index contributed by atoms with van der Waals surface area (Å²) >= 11 is 0. The fourth-order valence-corrected chi connectivity index (χ4v) is 1.23. The Morgan fingerprint density at radius 2 is 2.00 bits per heavy atom. The summed E-state index contributed by atoms with van der Waals surface area (Å²) < 4.78 is 30.0. The smallest absolute Gasteiger partial charge is 0.281 e. The van der Waals surface area contributed by atoms with Crippen LogP contribution in [0, 0.1) is 5.92 Å². The van der Waals surface area contributed by atoms with Gasteiger partial charge in [-0.05, 0) is 0 Å². The van der Waals surface area contributed by atoms with Crippen LogP contribution >= 0.6 is 0 Å². The van der Waals surface area contributed by atoms with Gasteiger partial charge < -0.3 is 9.64 Å². The van der Waals surface area contributed by atoms with Crippen LogP contribution < -0.4 is 0 Å². The van der Waals surface area contributed by atoms with Crippen molar-refractivity contribution in [2.24, 2.45) is 5.92 Å². The van der Waals surface area contributed by atoms with E-state index in [1.807, 2.05) is 13.8 Å². The van der Waals surface area contributed by atoms with Crippen molar-refractivity contribution in [2.45, 2.75) is 20.3 Å². The lowest BCUT2D eigenvalue weighted by atomic mass is 10.1. The van der Waals surface area contributed by atoms with Crippen molar-refractivity contribution in [2.75, 3.05) is 13.8 Å². The van der Waals surface area contributed by atoms with E-state index in [4.69, 9.17) is 4.74 Å². The van der Waals surface area contributed by atoms with Crippen LogP contribution in [0.2, 0.25) is 0 Å². The molecule has 1 rings (SSSR count). The van der Waals surface area contributed by atoms with Crippen LogP contribution in [0.4, 0.5) is 8.78 Å². The third kappa shape index (κ3) is 1.52. The molecule has 70 valence electrons. The summed E-state index contributed by atoms with van der Waals surface area (Å²) in [6.45, 7) is 3.93. The molecule has 0 unspecified atom stereocenters. The molecular formula is C8H13F2NO. The summed E-state index contributed by atoms with van der Waals surface area (Å²) in [6.07, 6.45) is -2.44. The number of halogens is 2. The van der Waals surface area contributed by atoms with Gasteiger partial charge in [0.25, 0.3) is 6.43 Å². The molecule has 0 radical (unpaired) electrons. The second-order valence-electron chi connectivity index (χ2n) is 3.18. The van der Waals surface area contributed by atoms with Gasteiger partial charge in [0.05, 0.1) is 0 Å². The highest BCUT2D eigenvalue weighted by molar-refractivity contribution is 5.14. The Hall–Kier alpha value is -0.800. The molecule has 0 aromatic heterocycles. The Labute approximate surface area is 70.8 Å². The molecule has 0 aromatic rings. The van der Waals surface area contributed by atoms with Crippen molar-refractivity contribution in [1.29, 1.82) is 0 Å². The maximum atomic E-state index is 12.4. The van der Waals surface area contributed by atoms with E-state index in [1.54, 1.807) is 7.05 Å². The number of allylic oxidation sites excluding steroid dienone is 2. The molecule has 0 bridgehead atoms. The number of alkyl halides is 2. The average molecular weight is 177 g/mol. The molecule has 4 heteroatoms. The first-order valence-electron chi connectivity index (χ1n) is 3.90. The highest BCUT2D eigenvalue weighted by Crippen LogP contribution is 2.28. The fraction of sp³-hybridized carbons (Fsp3) is 0.750. The maximum absolute atomic E-state index is 12.4. The second-order valence-corrected chi connectivity index (χ2v) is 3.18. The maximum Gasteiger partial charge on any atom is 0.281 e. The van der Waals surface area contributed by atoms with Crippen LogP contribution in [0.1, 0.15) is 13.8 Å². The topological polar surface area (TPSA) is 12.5 Å². The zero-order valence-corrected chi connectivity index (χ0v) is 7.47. The van der Waals surface area contributed by atoms with Crippen LogP contribution in [0.3, 0.4) is 0 Å². The highest BCUT2D eigenvalue weighted by Gasteiger charge is 2.29. The van der Waals surface area contributed by atoms with Gasteiger partial charge in [-0.1, -0.05) is 13.8 Å². The summed E-state index contributed by atoms with van der Waals surface area (Å²) in [5.41, 5.74) is 0.0324. The molecule has 0 atom stereocenters. The van der Waals surface area contributed by atoms with E-state index in [0.29, 0.717) is 5.76 Å². The SMILES string of the molecule is CC(C)C1=C(C(F)F)N(C)CO1. The standard InChI is InChI=1S/C8H13F2NO/c1-5(2)7-6(8(9)10)11(3)4-12-7/h5,8H,4H2,1-3H3. The first kappa shape index (κ1) is 9.29. The van der Waals surface area contributed by atoms with Crippen molar-refractivity contribution in [1.82, 2.24) is 4.90 Å². The lowest BCUT2D eigenvalue weighted by molar-refractivity contribution is 0.129. The Morgan fingerprint density at radius 3 is 2.33 bits per heavy atom. The summed E-state index contributed by atoms with van der Waals surface area (Å²) in [6, 6.07) is 0. The normalized spacial score (nSPS) is 18.1. The van der Waals surface area contributed by atoms with E-state index < -0.39 is 6.43 Å². The molecule has 0 aromatic carbocycles. The molecule has 1 heterocycles. The summed E-state index contributed by atoms with van der Waals surface area (Å²) in [5.74, 6) is 0.450. The van der Waals surface area contributed by atoms with Crippen molar-refractivity contribution >= 4 is 0 Å². The largest absolute Gasteiger partial charge is 0.475 e. The quantitative estimate of drug-likeness (QED) is 0.640. The number of ether oxygens (including phenoxy) is 1. The Balaban J connectivity index is 2.90. The molecule has 2 nitrogen and oxygen atoms in total. The lowest BCUT2D eigenvalue weighted by Crippen LogP contribution is -2.18. The number of hydrogen-bond donors (Lipinski definition) is 0. The van der Waals surface area contributed by atoms with E-state index in [2.05, 4.69) is 0 Å². The fourth-order valence-electron chi connectivity index (χ4n) is 1.23. The van der Waals surface area contributed by atoms with Crippen molar-refractivity contribution in [3.63, 3.8) is 0 Å². The molecule has 1 aliphatic rings. The zero-order valence-electron chi connectivity index (χ0n) is 7.47. The van der Waals surface area contributed by atoms with Gasteiger partial charge in [-0.2, -0.15) is 0 Å². The van der Waals surface area contributed by atoms with Gasteiger partial charge in [-0.3, -0.25) is 0 Å². The van der Waals surface area contributed by atoms with Gasteiger partial charge in [0.2, 0.25) is 0 Å². The molecule has 0 saturated carbocycles. The van der Waals surface area contributed by atoms with E-state index in [9.17, 15) is 8.78 Å². The van der Waals surface area contributed by atoms with E-state index in [1.165, 1.54) is 4.90 Å². The van der Waals surface area contributed by atoms with Crippen molar-refractivity contribution in [3.05, 3.63) is 11.5 Å². The predicted octanol–water partition coefficient (Wildman–Crippen LogP) is 2.04. The van der Waals surface area contributed by atoms with Crippen LogP contribution in [0.15, 0.2) is 11.5 Å². The molecule has 1 aliphatic heterocycles. The minimum absolute atomic E-state index is 0.0268. The van der Waals surface area contributed by atoms with Gasteiger partial charge in [0, 0.05) is 13.0 Å². The second kappa shape index (κ2) is 3.29. The monoisotopic (exact) mass is 177 g/mol. The Bertz CT molecular complexity index is 201. The molecule has 0 N–H and O–H groups in total. The molecule has 0 saturated heterocycles. The first-order chi connectivity index (χ1) is 5.54. The van der Waals surface area contributed by atoms with Gasteiger partial charge >= 0.3 is 0 Å². The van der Waals surface area contributed by atoms with E-state index in [-0.39, 0.29) is 18.3 Å². The molecule has 0 amide bonds. The number of rotatable bonds is 2. The van der Waals surface area contributed by atoms with E-state index >= 15 is 0 Å². The summed E-state index contributed by atoms with van der Waals surface area (Å²) in [7, 11) is 1.61. The van der Waals surface area contributed by atoms with Crippen LogP contribution in [-0.4, -0.2) is 25.1 Å². The van der Waals surface area contributed by atoms with Crippen LogP contribution in [-0.2, 0) is 4.74 Å². The molecular weight excluding hydrogens is 164 g/mol. The number of nitrogens with zero attached hydrogens (tertiary/aromatic N) is 1. The Morgan fingerprint density at radius 1 is 1.42 bits per heavy atom. The van der Waals surface area contributed by atoms with Gasteiger partial charge in [-0.25, -0.2) is 8.78 Å². The predicted molar refractivity (Wildman–Crippen MR) is 41.6 cm³/mol. The van der Waals surface area contributed by atoms with Crippen molar-refractivity contribution in [3.8, 4) is 0 Å². The molecule has 0 aliphatic carbocycles. The summed E-state index contributed by atoms with van der Waals surface area (Å²) in [5, 5.41) is 0. The minimum atomic E-state index is -2.44. The summed E-state index contributed by atoms with van der Waals surface area (Å²) in [4.78, 5) is 1.44. The third-order valence-corrected chi connectivity index (χ3v) is 1.81.